The quantitative estimate of drug-likeness (QED) is 0.734. The summed E-state index contributed by atoms with van der Waals surface area (Å²) < 4.78 is 5.56. The first kappa shape index (κ1) is 10.5. The van der Waals surface area contributed by atoms with Crippen LogP contribution in [0.15, 0.2) is 24.4 Å². The molecule has 1 N–H and O–H groups in total. The fourth-order valence-electron chi connectivity index (χ4n) is 2.81. The molecule has 0 aromatic heterocycles. The van der Waals surface area contributed by atoms with Crippen LogP contribution in [0.1, 0.15) is 19.3 Å². The Morgan fingerprint density at radius 3 is 3.24 bits per heavy atom. The number of hydrogen-bond donors (Lipinski definition) is 1. The lowest BCUT2D eigenvalue weighted by Gasteiger charge is -2.47. The van der Waals surface area contributed by atoms with E-state index < -0.39 is 12.0 Å². The molecule has 0 aromatic carbocycles. The highest BCUT2D eigenvalue weighted by Gasteiger charge is 2.42. The van der Waals surface area contributed by atoms with Crippen molar-refractivity contribution in [3.05, 3.63) is 24.4 Å². The topological polar surface area (TPSA) is 53.0 Å². The van der Waals surface area contributed by atoms with Gasteiger partial charge in [-0.2, -0.15) is 0 Å². The van der Waals surface area contributed by atoms with Gasteiger partial charge < -0.3 is 19.6 Å². The predicted molar refractivity (Wildman–Crippen MR) is 60.8 cm³/mol. The summed E-state index contributed by atoms with van der Waals surface area (Å²) in [5.74, 6) is -0.0575. The summed E-state index contributed by atoms with van der Waals surface area (Å²) in [6, 6.07) is -0.455. The Balaban J connectivity index is 1.98. The first-order valence-electron chi connectivity index (χ1n) is 6.05. The van der Waals surface area contributed by atoms with E-state index in [0.29, 0.717) is 12.5 Å². The van der Waals surface area contributed by atoms with E-state index in [1.54, 1.807) is 0 Å². The minimum Gasteiger partial charge on any atom is -0.480 e. The number of carboxylic acids is 1. The summed E-state index contributed by atoms with van der Waals surface area (Å²) >= 11 is 0. The van der Waals surface area contributed by atoms with Gasteiger partial charge in [-0.05, 0) is 19.3 Å². The maximum absolute atomic E-state index is 11.5. The van der Waals surface area contributed by atoms with E-state index in [4.69, 9.17) is 4.74 Å². The molecule has 92 valence electrons. The van der Waals surface area contributed by atoms with Gasteiger partial charge in [-0.25, -0.2) is 4.79 Å². The maximum atomic E-state index is 11.5. The Bertz CT molecular complexity index is 391. The Morgan fingerprint density at radius 1 is 1.53 bits per heavy atom. The van der Waals surface area contributed by atoms with E-state index in [0.717, 1.165) is 25.8 Å². The zero-order valence-electron chi connectivity index (χ0n) is 9.58. The van der Waals surface area contributed by atoms with Crippen LogP contribution in [0.3, 0.4) is 0 Å². The summed E-state index contributed by atoms with van der Waals surface area (Å²) in [6.45, 7) is 1.45. The molecule has 5 nitrogen and oxygen atoms in total. The van der Waals surface area contributed by atoms with Crippen LogP contribution < -0.4 is 0 Å². The molecular weight excluding hydrogens is 220 g/mol. The zero-order chi connectivity index (χ0) is 11.8. The molecule has 0 amide bonds. The molecule has 0 aromatic rings. The van der Waals surface area contributed by atoms with Crippen molar-refractivity contribution in [1.82, 2.24) is 9.80 Å². The van der Waals surface area contributed by atoms with Crippen LogP contribution in [-0.4, -0.2) is 46.1 Å². The average Bonchev–Trinajstić information content (AvgIpc) is 2.35. The monoisotopic (exact) mass is 236 g/mol. The highest BCUT2D eigenvalue weighted by molar-refractivity contribution is 5.75. The third kappa shape index (κ3) is 1.66. The van der Waals surface area contributed by atoms with Gasteiger partial charge >= 0.3 is 5.97 Å². The van der Waals surface area contributed by atoms with Crippen LogP contribution >= 0.6 is 0 Å². The number of hydrogen-bond acceptors (Lipinski definition) is 4. The molecule has 2 atom stereocenters. The van der Waals surface area contributed by atoms with E-state index in [1.165, 1.54) is 0 Å². The summed E-state index contributed by atoms with van der Waals surface area (Å²) in [6.07, 6.45) is 8.69. The van der Waals surface area contributed by atoms with E-state index >= 15 is 0 Å². The molecule has 1 fully saturated rings. The van der Waals surface area contributed by atoms with Crippen molar-refractivity contribution < 1.29 is 14.6 Å². The first-order chi connectivity index (χ1) is 8.27. The van der Waals surface area contributed by atoms with Gasteiger partial charge in [0.05, 0.1) is 18.8 Å². The average molecular weight is 236 g/mol. The molecule has 0 radical (unpaired) electrons. The van der Waals surface area contributed by atoms with Crippen LogP contribution in [0.4, 0.5) is 0 Å². The molecule has 3 aliphatic rings. The van der Waals surface area contributed by atoms with Gasteiger partial charge in [-0.3, -0.25) is 0 Å². The van der Waals surface area contributed by atoms with Crippen LogP contribution in [0.25, 0.3) is 0 Å². The molecule has 0 aliphatic carbocycles. The SMILES string of the molecule is O=C(O)C1C2CCC=CN2C=C2OCCCN21. The van der Waals surface area contributed by atoms with Crippen molar-refractivity contribution in [1.29, 1.82) is 0 Å². The molecule has 3 heterocycles. The van der Waals surface area contributed by atoms with Crippen LogP contribution in [0, 0.1) is 0 Å². The third-order valence-corrected chi connectivity index (χ3v) is 3.58. The highest BCUT2D eigenvalue weighted by atomic mass is 16.5. The molecule has 1 saturated heterocycles. The van der Waals surface area contributed by atoms with Gasteiger partial charge in [0.1, 0.15) is 0 Å². The van der Waals surface area contributed by atoms with Crippen molar-refractivity contribution >= 4 is 5.97 Å². The smallest absolute Gasteiger partial charge is 0.328 e. The van der Waals surface area contributed by atoms with Gasteiger partial charge in [0, 0.05) is 12.7 Å². The molecule has 0 bridgehead atoms. The predicted octanol–water partition coefficient (Wildman–Crippen LogP) is 0.952. The van der Waals surface area contributed by atoms with Crippen LogP contribution in [0.5, 0.6) is 0 Å². The minimum absolute atomic E-state index is 0.0305. The summed E-state index contributed by atoms with van der Waals surface area (Å²) in [5, 5.41) is 9.44. The molecule has 17 heavy (non-hydrogen) atoms. The largest absolute Gasteiger partial charge is 0.480 e. The van der Waals surface area contributed by atoms with Gasteiger partial charge in [-0.15, -0.1) is 0 Å². The number of carboxylic acid groups (broad SMARTS) is 1. The second-order valence-corrected chi connectivity index (χ2v) is 4.62. The fourth-order valence-corrected chi connectivity index (χ4v) is 2.81. The molecular formula is C12H16N2O3. The van der Waals surface area contributed by atoms with Gasteiger partial charge in [-0.1, -0.05) is 6.08 Å². The number of ether oxygens (including phenoxy) is 1. The number of fused-ring (bicyclic) bond motifs is 2. The number of allylic oxidation sites excluding steroid dienone is 1. The molecule has 3 aliphatic heterocycles. The van der Waals surface area contributed by atoms with E-state index in [-0.39, 0.29) is 6.04 Å². The Labute approximate surface area is 99.9 Å². The maximum Gasteiger partial charge on any atom is 0.328 e. The molecule has 5 heteroatoms. The highest BCUT2D eigenvalue weighted by Crippen LogP contribution is 2.31. The Hall–Kier alpha value is -1.65. The Kier molecular flexibility index (Phi) is 2.46. The summed E-state index contributed by atoms with van der Waals surface area (Å²) in [7, 11) is 0. The van der Waals surface area contributed by atoms with Gasteiger partial charge in [0.15, 0.2) is 6.04 Å². The first-order valence-corrected chi connectivity index (χ1v) is 6.05. The summed E-state index contributed by atoms with van der Waals surface area (Å²) in [4.78, 5) is 15.4. The lowest BCUT2D eigenvalue weighted by atomic mass is 9.95. The van der Waals surface area contributed by atoms with E-state index in [2.05, 4.69) is 6.08 Å². The molecule has 0 saturated carbocycles. The summed E-state index contributed by atoms with van der Waals surface area (Å²) in [5.41, 5.74) is 0. The van der Waals surface area contributed by atoms with Gasteiger partial charge in [0.2, 0.25) is 5.88 Å². The molecule has 0 spiro atoms. The molecule has 2 unspecified atom stereocenters. The number of rotatable bonds is 1. The minimum atomic E-state index is -0.758. The lowest BCUT2D eigenvalue weighted by Crippen LogP contribution is -2.58. The second kappa shape index (κ2) is 3.98. The second-order valence-electron chi connectivity index (χ2n) is 4.62. The lowest BCUT2D eigenvalue weighted by molar-refractivity contribution is -0.149. The molecule has 3 rings (SSSR count). The van der Waals surface area contributed by atoms with Crippen molar-refractivity contribution in [3.8, 4) is 0 Å². The van der Waals surface area contributed by atoms with Crippen molar-refractivity contribution in [3.63, 3.8) is 0 Å². The Morgan fingerprint density at radius 2 is 2.41 bits per heavy atom. The van der Waals surface area contributed by atoms with Crippen LogP contribution in [0.2, 0.25) is 0 Å². The van der Waals surface area contributed by atoms with Crippen molar-refractivity contribution in [2.75, 3.05) is 13.2 Å². The van der Waals surface area contributed by atoms with Crippen molar-refractivity contribution in [2.24, 2.45) is 0 Å². The van der Waals surface area contributed by atoms with E-state index in [1.807, 2.05) is 22.2 Å². The van der Waals surface area contributed by atoms with Crippen molar-refractivity contribution in [2.45, 2.75) is 31.3 Å². The standard InChI is InChI=1S/C12H16N2O3/c15-12(16)11-9-4-1-2-5-13(9)8-10-14(11)6-3-7-17-10/h2,5,8-9,11H,1,3-4,6-7H2,(H,15,16). The number of carbonyl (C=O) groups is 1. The van der Waals surface area contributed by atoms with Gasteiger partial charge in [0.25, 0.3) is 0 Å². The fraction of sp³-hybridized carbons (Fsp3) is 0.583. The van der Waals surface area contributed by atoms with Crippen LogP contribution in [-0.2, 0) is 9.53 Å². The normalized spacial score (nSPS) is 31.2. The third-order valence-electron chi connectivity index (χ3n) is 3.58. The number of aliphatic carboxylic acids is 1. The number of nitrogens with zero attached hydrogens (tertiary/aromatic N) is 2. The van der Waals surface area contributed by atoms with E-state index in [9.17, 15) is 9.90 Å². The zero-order valence-corrected chi connectivity index (χ0v) is 9.58.